The predicted octanol–water partition coefficient (Wildman–Crippen LogP) is 4.17. The number of hydrogen-bond acceptors (Lipinski definition) is 3. The molecule has 0 aliphatic rings. The number of rotatable bonds is 5. The van der Waals surface area contributed by atoms with Gasteiger partial charge in [-0.3, -0.25) is 14.2 Å². The third-order valence-electron chi connectivity index (χ3n) is 4.51. The lowest BCUT2D eigenvalue weighted by molar-refractivity contribution is 0.0999. The molecule has 0 aliphatic carbocycles. The largest absolute Gasteiger partial charge is 0.487 e. The van der Waals surface area contributed by atoms with Crippen LogP contribution in [0.15, 0.2) is 51.7 Å². The van der Waals surface area contributed by atoms with Crippen molar-refractivity contribution in [1.29, 1.82) is 0 Å². The zero-order chi connectivity index (χ0) is 21.3. The summed E-state index contributed by atoms with van der Waals surface area (Å²) in [6, 6.07) is 9.74. The van der Waals surface area contributed by atoms with Crippen molar-refractivity contribution >= 4 is 21.8 Å². The van der Waals surface area contributed by atoms with Gasteiger partial charge in [0.15, 0.2) is 0 Å². The molecule has 29 heavy (non-hydrogen) atoms. The Labute approximate surface area is 173 Å². The van der Waals surface area contributed by atoms with Gasteiger partial charge in [-0.2, -0.15) is 0 Å². The van der Waals surface area contributed by atoms with Crippen molar-refractivity contribution < 1.29 is 18.3 Å². The molecule has 0 spiro atoms. The normalized spacial score (nSPS) is 10.8. The number of amides is 1. The van der Waals surface area contributed by atoms with Crippen molar-refractivity contribution in [2.24, 2.45) is 5.73 Å². The van der Waals surface area contributed by atoms with Gasteiger partial charge in [-0.05, 0) is 59.6 Å². The molecular weight excluding hydrogens is 446 g/mol. The topological polar surface area (TPSA) is 74.3 Å². The highest BCUT2D eigenvalue weighted by Gasteiger charge is 2.17. The molecule has 0 saturated carbocycles. The minimum atomic E-state index is -0.731. The second-order valence-corrected chi connectivity index (χ2v) is 7.24. The molecule has 5 nitrogen and oxygen atoms in total. The molecule has 1 aromatic heterocycles. The average molecular weight is 463 g/mol. The van der Waals surface area contributed by atoms with Crippen LogP contribution in [0.25, 0.3) is 5.69 Å². The Balaban J connectivity index is 2.00. The lowest BCUT2D eigenvalue weighted by Gasteiger charge is -2.17. The van der Waals surface area contributed by atoms with Gasteiger partial charge in [0.25, 0.3) is 5.56 Å². The fourth-order valence-electron chi connectivity index (χ4n) is 3.01. The number of aryl methyl sites for hydroxylation is 1. The van der Waals surface area contributed by atoms with Gasteiger partial charge >= 0.3 is 0 Å². The summed E-state index contributed by atoms with van der Waals surface area (Å²) in [7, 11) is 0. The first-order chi connectivity index (χ1) is 13.7. The number of hydrogen-bond donors (Lipinski definition) is 1. The van der Waals surface area contributed by atoms with Crippen LogP contribution in [0.5, 0.6) is 5.75 Å². The van der Waals surface area contributed by atoms with Crippen LogP contribution in [0, 0.1) is 25.5 Å². The SMILES string of the molecule is Cc1c(C(N)=O)cccc1-n1c(C)cc(OCc2ccc(F)cc2F)c(Br)c1=O. The standard InChI is InChI=1S/C21H17BrF2N2O3/c1-11-8-18(29-10-13-6-7-14(23)9-16(13)24)19(22)21(28)26(11)17-5-3-4-15(12(17)2)20(25)27/h3-9H,10H2,1-2H3,(H2,25,27). The number of pyridine rings is 1. The quantitative estimate of drug-likeness (QED) is 0.618. The van der Waals surface area contributed by atoms with Crippen molar-refractivity contribution in [3.63, 3.8) is 0 Å². The molecule has 0 unspecified atom stereocenters. The Morgan fingerprint density at radius 2 is 1.90 bits per heavy atom. The van der Waals surface area contributed by atoms with Gasteiger partial charge in [0.2, 0.25) is 5.91 Å². The molecule has 8 heteroatoms. The molecule has 3 aromatic rings. The molecule has 2 N–H and O–H groups in total. The van der Waals surface area contributed by atoms with E-state index in [1.54, 1.807) is 38.1 Å². The molecule has 150 valence electrons. The number of nitrogens with two attached hydrogens (primary N) is 1. The molecule has 0 atom stereocenters. The highest BCUT2D eigenvalue weighted by atomic mass is 79.9. The molecule has 0 aliphatic heterocycles. The van der Waals surface area contributed by atoms with Gasteiger partial charge < -0.3 is 10.5 Å². The molecule has 2 aromatic carbocycles. The number of nitrogens with zero attached hydrogens (tertiary/aromatic N) is 1. The van der Waals surface area contributed by atoms with Crippen molar-refractivity contribution in [3.05, 3.63) is 91.3 Å². The van der Waals surface area contributed by atoms with E-state index in [0.29, 0.717) is 22.5 Å². The van der Waals surface area contributed by atoms with E-state index in [9.17, 15) is 18.4 Å². The van der Waals surface area contributed by atoms with Crippen LogP contribution in [0.2, 0.25) is 0 Å². The maximum atomic E-state index is 13.8. The third kappa shape index (κ3) is 4.07. The summed E-state index contributed by atoms with van der Waals surface area (Å²) in [6.07, 6.45) is 0. The lowest BCUT2D eigenvalue weighted by Crippen LogP contribution is -2.24. The number of benzene rings is 2. The van der Waals surface area contributed by atoms with Crippen LogP contribution in [-0.4, -0.2) is 10.5 Å². The summed E-state index contributed by atoms with van der Waals surface area (Å²) >= 11 is 3.23. The van der Waals surface area contributed by atoms with E-state index >= 15 is 0 Å². The van der Waals surface area contributed by atoms with Crippen LogP contribution >= 0.6 is 15.9 Å². The van der Waals surface area contributed by atoms with Crippen molar-refractivity contribution in [1.82, 2.24) is 4.57 Å². The lowest BCUT2D eigenvalue weighted by atomic mass is 10.1. The Kier molecular flexibility index (Phi) is 5.83. The van der Waals surface area contributed by atoms with Crippen molar-refractivity contribution in [3.8, 4) is 11.4 Å². The smallest absolute Gasteiger partial charge is 0.273 e. The van der Waals surface area contributed by atoms with E-state index in [1.165, 1.54) is 10.6 Å². The second kappa shape index (κ2) is 8.16. The van der Waals surface area contributed by atoms with Gasteiger partial charge in [-0.25, -0.2) is 8.78 Å². The van der Waals surface area contributed by atoms with Crippen molar-refractivity contribution in [2.75, 3.05) is 0 Å². The van der Waals surface area contributed by atoms with Gasteiger partial charge in [0, 0.05) is 29.0 Å². The van der Waals surface area contributed by atoms with Gasteiger partial charge in [-0.1, -0.05) is 6.07 Å². The van der Waals surface area contributed by atoms with E-state index in [4.69, 9.17) is 10.5 Å². The monoisotopic (exact) mass is 462 g/mol. The van der Waals surface area contributed by atoms with Crippen molar-refractivity contribution in [2.45, 2.75) is 20.5 Å². The molecule has 0 saturated heterocycles. The maximum Gasteiger partial charge on any atom is 0.273 e. The van der Waals surface area contributed by atoms with E-state index in [1.807, 2.05) is 0 Å². The fourth-order valence-corrected chi connectivity index (χ4v) is 3.42. The van der Waals surface area contributed by atoms with Gasteiger partial charge in [-0.15, -0.1) is 0 Å². The Hall–Kier alpha value is -3.00. The first-order valence-corrected chi connectivity index (χ1v) is 9.38. The van der Waals surface area contributed by atoms with E-state index in [-0.39, 0.29) is 22.4 Å². The summed E-state index contributed by atoms with van der Waals surface area (Å²) < 4.78 is 34.0. The first kappa shape index (κ1) is 20.7. The minimum Gasteiger partial charge on any atom is -0.487 e. The second-order valence-electron chi connectivity index (χ2n) is 6.44. The Morgan fingerprint density at radius 1 is 1.17 bits per heavy atom. The van der Waals surface area contributed by atoms with E-state index in [0.717, 1.165) is 12.1 Å². The summed E-state index contributed by atoms with van der Waals surface area (Å²) in [5, 5.41) is 0. The zero-order valence-corrected chi connectivity index (χ0v) is 17.2. The number of halogens is 3. The number of primary amides is 1. The summed E-state index contributed by atoms with van der Waals surface area (Å²) in [4.78, 5) is 24.6. The van der Waals surface area contributed by atoms with Crippen LogP contribution in [0.3, 0.4) is 0 Å². The minimum absolute atomic E-state index is 0.134. The highest BCUT2D eigenvalue weighted by Crippen LogP contribution is 2.27. The third-order valence-corrected chi connectivity index (χ3v) is 5.24. The maximum absolute atomic E-state index is 13.8. The number of ether oxygens (including phenoxy) is 1. The Morgan fingerprint density at radius 3 is 2.55 bits per heavy atom. The summed E-state index contributed by atoms with van der Waals surface area (Å²) in [5.41, 5.74) is 7.08. The van der Waals surface area contributed by atoms with Crippen LogP contribution in [0.1, 0.15) is 27.2 Å². The van der Waals surface area contributed by atoms with Gasteiger partial charge in [0.05, 0.1) is 5.69 Å². The zero-order valence-electron chi connectivity index (χ0n) is 15.6. The highest BCUT2D eigenvalue weighted by molar-refractivity contribution is 9.10. The van der Waals surface area contributed by atoms with Crippen LogP contribution in [-0.2, 0) is 6.61 Å². The molecule has 3 rings (SSSR count). The first-order valence-electron chi connectivity index (χ1n) is 8.59. The summed E-state index contributed by atoms with van der Waals surface area (Å²) in [6.45, 7) is 3.23. The molecule has 0 bridgehead atoms. The fraction of sp³-hybridized carbons (Fsp3) is 0.143. The Bertz CT molecular complexity index is 1180. The molecule has 1 amide bonds. The number of aromatic nitrogens is 1. The van der Waals surface area contributed by atoms with Crippen LogP contribution in [0.4, 0.5) is 8.78 Å². The molecule has 0 radical (unpaired) electrons. The number of carbonyl (C=O) groups excluding carboxylic acids is 1. The average Bonchev–Trinajstić information content (AvgIpc) is 2.65. The van der Waals surface area contributed by atoms with E-state index in [2.05, 4.69) is 15.9 Å². The van der Waals surface area contributed by atoms with Gasteiger partial charge in [0.1, 0.15) is 28.5 Å². The predicted molar refractivity (Wildman–Crippen MR) is 108 cm³/mol. The van der Waals surface area contributed by atoms with E-state index < -0.39 is 23.1 Å². The summed E-state index contributed by atoms with van der Waals surface area (Å²) in [5.74, 6) is -1.78. The molecule has 1 heterocycles. The molecule has 0 fully saturated rings. The van der Waals surface area contributed by atoms with Crippen LogP contribution < -0.4 is 16.0 Å². The number of carbonyl (C=O) groups is 1. The molecular formula is C21H17BrF2N2O3.